The topological polar surface area (TPSA) is 41.1 Å². The molecule has 0 radical (unpaired) electrons. The number of allylic oxidation sites excluding steroid dienone is 1. The molecular formula is C17H20N2OS. The first kappa shape index (κ1) is 13.4. The van der Waals surface area contributed by atoms with Gasteiger partial charge in [-0.05, 0) is 41.2 Å². The maximum atomic E-state index is 12.6. The quantitative estimate of drug-likeness (QED) is 0.837. The predicted molar refractivity (Wildman–Crippen MR) is 85.4 cm³/mol. The van der Waals surface area contributed by atoms with E-state index in [2.05, 4.69) is 29.7 Å². The number of fused-ring (bicyclic) bond motifs is 2. The Bertz CT molecular complexity index is 598. The molecule has 1 saturated heterocycles. The average Bonchev–Trinajstić information content (AvgIpc) is 2.85. The normalized spacial score (nSPS) is 35.2. The van der Waals surface area contributed by atoms with E-state index in [0.717, 1.165) is 24.3 Å². The maximum Gasteiger partial charge on any atom is 0.231 e. The second kappa shape index (κ2) is 5.18. The van der Waals surface area contributed by atoms with Gasteiger partial charge < -0.3 is 5.32 Å². The summed E-state index contributed by atoms with van der Waals surface area (Å²) in [6, 6.07) is 10.2. The van der Waals surface area contributed by atoms with Crippen LogP contribution in [0.15, 0.2) is 40.8 Å². The highest BCUT2D eigenvalue weighted by Gasteiger charge is 2.45. The van der Waals surface area contributed by atoms with E-state index in [0.29, 0.717) is 0 Å². The van der Waals surface area contributed by atoms with Gasteiger partial charge in [-0.25, -0.2) is 0 Å². The molecule has 4 heteroatoms. The highest BCUT2D eigenvalue weighted by Crippen LogP contribution is 2.50. The Morgan fingerprint density at radius 1 is 1.24 bits per heavy atom. The van der Waals surface area contributed by atoms with E-state index >= 15 is 0 Å². The molecule has 110 valence electrons. The summed E-state index contributed by atoms with van der Waals surface area (Å²) < 4.78 is 0. The highest BCUT2D eigenvalue weighted by molar-refractivity contribution is 8.04. The lowest BCUT2D eigenvalue weighted by Crippen LogP contribution is -2.54. The number of amides is 1. The van der Waals surface area contributed by atoms with E-state index in [1.54, 1.807) is 0 Å². The molecule has 0 bridgehead atoms. The fourth-order valence-electron chi connectivity index (χ4n) is 3.64. The van der Waals surface area contributed by atoms with Gasteiger partial charge >= 0.3 is 0 Å². The average molecular weight is 300 g/mol. The minimum absolute atomic E-state index is 0.0393. The van der Waals surface area contributed by atoms with Crippen molar-refractivity contribution in [2.45, 2.75) is 37.7 Å². The SMILES string of the molecule is C[C@@H]1CCC2=C(C1)S[C@@H]1N[C@@H](c3ccccc3)NC(=O)[C@@H]21. The molecule has 4 rings (SSSR count). The standard InChI is InChI=1S/C17H20N2OS/c1-10-7-8-12-13(9-10)21-17-14(12)16(20)18-15(19-17)11-5-3-2-4-6-11/h2-6,10,14-15,17,19H,7-9H2,1H3,(H,18,20)/t10-,14-,15+,17+/m1/s1. The lowest BCUT2D eigenvalue weighted by atomic mass is 9.83. The van der Waals surface area contributed by atoms with E-state index < -0.39 is 0 Å². The van der Waals surface area contributed by atoms with Crippen molar-refractivity contribution in [2.75, 3.05) is 0 Å². The summed E-state index contributed by atoms with van der Waals surface area (Å²) >= 11 is 1.89. The molecule has 2 N–H and O–H groups in total. The summed E-state index contributed by atoms with van der Waals surface area (Å²) in [6.07, 6.45) is 3.40. The largest absolute Gasteiger partial charge is 0.336 e. The smallest absolute Gasteiger partial charge is 0.231 e. The fraction of sp³-hybridized carbons (Fsp3) is 0.471. The molecule has 3 nitrogen and oxygen atoms in total. The van der Waals surface area contributed by atoms with Gasteiger partial charge in [0.1, 0.15) is 6.17 Å². The molecule has 2 heterocycles. The Morgan fingerprint density at radius 2 is 2.05 bits per heavy atom. The van der Waals surface area contributed by atoms with Crippen molar-refractivity contribution in [3.05, 3.63) is 46.4 Å². The first-order chi connectivity index (χ1) is 10.2. The van der Waals surface area contributed by atoms with Crippen molar-refractivity contribution >= 4 is 17.7 Å². The van der Waals surface area contributed by atoms with E-state index in [4.69, 9.17) is 0 Å². The molecule has 0 aromatic heterocycles. The van der Waals surface area contributed by atoms with Crippen molar-refractivity contribution in [2.24, 2.45) is 11.8 Å². The van der Waals surface area contributed by atoms with Gasteiger partial charge in [0.05, 0.1) is 11.3 Å². The predicted octanol–water partition coefficient (Wildman–Crippen LogP) is 3.17. The van der Waals surface area contributed by atoms with E-state index in [-0.39, 0.29) is 23.4 Å². The van der Waals surface area contributed by atoms with E-state index in [1.807, 2.05) is 30.0 Å². The summed E-state index contributed by atoms with van der Waals surface area (Å²) in [6.45, 7) is 2.31. The summed E-state index contributed by atoms with van der Waals surface area (Å²) in [5.74, 6) is 0.988. The van der Waals surface area contributed by atoms with Crippen LogP contribution < -0.4 is 10.6 Å². The molecule has 4 atom stereocenters. The summed E-state index contributed by atoms with van der Waals surface area (Å²) in [4.78, 5) is 14.1. The third kappa shape index (κ3) is 2.30. The van der Waals surface area contributed by atoms with Crippen LogP contribution in [-0.2, 0) is 4.79 Å². The van der Waals surface area contributed by atoms with Crippen LogP contribution in [-0.4, -0.2) is 11.3 Å². The molecular weight excluding hydrogens is 280 g/mol. The zero-order valence-electron chi connectivity index (χ0n) is 12.1. The molecule has 21 heavy (non-hydrogen) atoms. The van der Waals surface area contributed by atoms with Gasteiger partial charge in [0.25, 0.3) is 0 Å². The van der Waals surface area contributed by atoms with Crippen molar-refractivity contribution in [3.63, 3.8) is 0 Å². The molecule has 1 aromatic carbocycles. The Balaban J connectivity index is 1.58. The first-order valence-electron chi connectivity index (χ1n) is 7.72. The van der Waals surface area contributed by atoms with Crippen LogP contribution in [0, 0.1) is 11.8 Å². The minimum Gasteiger partial charge on any atom is -0.336 e. The Kier molecular flexibility index (Phi) is 3.31. The second-order valence-corrected chi connectivity index (χ2v) is 7.57. The van der Waals surface area contributed by atoms with Gasteiger partial charge in [-0.3, -0.25) is 10.1 Å². The Labute approximate surface area is 129 Å². The van der Waals surface area contributed by atoms with Crippen molar-refractivity contribution in [3.8, 4) is 0 Å². The number of benzene rings is 1. The second-order valence-electron chi connectivity index (χ2n) is 6.33. The number of nitrogens with one attached hydrogen (secondary N) is 2. The maximum absolute atomic E-state index is 12.6. The van der Waals surface area contributed by atoms with Gasteiger partial charge in [0.2, 0.25) is 5.91 Å². The third-order valence-electron chi connectivity index (χ3n) is 4.78. The van der Waals surface area contributed by atoms with Crippen LogP contribution >= 0.6 is 11.8 Å². The van der Waals surface area contributed by atoms with Gasteiger partial charge in [-0.1, -0.05) is 37.3 Å². The number of carbonyl (C=O) groups is 1. The van der Waals surface area contributed by atoms with Crippen molar-refractivity contribution < 1.29 is 4.79 Å². The van der Waals surface area contributed by atoms with Crippen LogP contribution in [0.5, 0.6) is 0 Å². The van der Waals surface area contributed by atoms with E-state index in [9.17, 15) is 4.79 Å². The highest BCUT2D eigenvalue weighted by atomic mass is 32.2. The number of hydrogen-bond acceptors (Lipinski definition) is 3. The fourth-order valence-corrected chi connectivity index (χ4v) is 5.33. The monoisotopic (exact) mass is 300 g/mol. The summed E-state index contributed by atoms with van der Waals surface area (Å²) in [5.41, 5.74) is 2.53. The Hall–Kier alpha value is -1.26. The van der Waals surface area contributed by atoms with Gasteiger partial charge in [0.15, 0.2) is 0 Å². The molecule has 0 spiro atoms. The molecule has 3 aliphatic rings. The first-order valence-corrected chi connectivity index (χ1v) is 8.60. The zero-order chi connectivity index (χ0) is 14.4. The lowest BCUT2D eigenvalue weighted by molar-refractivity contribution is -0.127. The van der Waals surface area contributed by atoms with Crippen LogP contribution in [0.2, 0.25) is 0 Å². The lowest BCUT2D eigenvalue weighted by Gasteiger charge is -2.34. The summed E-state index contributed by atoms with van der Waals surface area (Å²) in [7, 11) is 0. The molecule has 1 fully saturated rings. The van der Waals surface area contributed by atoms with Crippen LogP contribution in [0.3, 0.4) is 0 Å². The Morgan fingerprint density at radius 3 is 2.86 bits per heavy atom. The minimum atomic E-state index is -0.0637. The van der Waals surface area contributed by atoms with Crippen molar-refractivity contribution in [1.29, 1.82) is 0 Å². The molecule has 0 unspecified atom stereocenters. The number of thioether (sulfide) groups is 1. The van der Waals surface area contributed by atoms with Crippen LogP contribution in [0.1, 0.15) is 37.9 Å². The molecule has 1 amide bonds. The molecule has 0 saturated carbocycles. The van der Waals surface area contributed by atoms with Gasteiger partial charge in [0, 0.05) is 0 Å². The number of hydrogen-bond donors (Lipinski definition) is 2. The summed E-state index contributed by atoms with van der Waals surface area (Å²) in [5, 5.41) is 6.98. The van der Waals surface area contributed by atoms with Gasteiger partial charge in [-0.2, -0.15) is 0 Å². The molecule has 2 aliphatic heterocycles. The number of rotatable bonds is 1. The number of carbonyl (C=O) groups excluding carboxylic acids is 1. The van der Waals surface area contributed by atoms with Crippen LogP contribution in [0.4, 0.5) is 0 Å². The van der Waals surface area contributed by atoms with E-state index in [1.165, 1.54) is 16.9 Å². The third-order valence-corrected chi connectivity index (χ3v) is 6.15. The zero-order valence-corrected chi connectivity index (χ0v) is 13.0. The van der Waals surface area contributed by atoms with Crippen molar-refractivity contribution in [1.82, 2.24) is 10.6 Å². The van der Waals surface area contributed by atoms with Crippen LogP contribution in [0.25, 0.3) is 0 Å². The van der Waals surface area contributed by atoms with Gasteiger partial charge in [-0.15, -0.1) is 11.8 Å². The molecule has 1 aromatic rings. The molecule has 1 aliphatic carbocycles.